The summed E-state index contributed by atoms with van der Waals surface area (Å²) in [4.78, 5) is 23.0. The number of rotatable bonds is 8. The van der Waals surface area contributed by atoms with Crippen molar-refractivity contribution < 1.29 is 9.59 Å². The highest BCUT2D eigenvalue weighted by molar-refractivity contribution is 7.80. The molecule has 24 heavy (non-hydrogen) atoms. The van der Waals surface area contributed by atoms with Crippen LogP contribution in [0.15, 0.2) is 18.2 Å². The molecule has 0 spiro atoms. The number of aryl methyl sites for hydroxylation is 1. The first-order valence-electron chi connectivity index (χ1n) is 8.41. The van der Waals surface area contributed by atoms with Crippen LogP contribution in [-0.2, 0) is 9.59 Å². The summed E-state index contributed by atoms with van der Waals surface area (Å²) in [6, 6.07) is 5.52. The van der Waals surface area contributed by atoms with E-state index in [4.69, 9.17) is 12.2 Å². The van der Waals surface area contributed by atoms with Crippen molar-refractivity contribution in [2.75, 3.05) is 10.6 Å². The Kier molecular flexibility index (Phi) is 9.01. The monoisotopic (exact) mass is 349 g/mol. The zero-order valence-corrected chi connectivity index (χ0v) is 15.5. The summed E-state index contributed by atoms with van der Waals surface area (Å²) < 4.78 is 0. The Hall–Kier alpha value is -1.95. The number of unbranched alkanes of at least 4 members (excludes halogenated alkanes) is 4. The van der Waals surface area contributed by atoms with Gasteiger partial charge in [0.1, 0.15) is 0 Å². The average Bonchev–Trinajstić information content (AvgIpc) is 2.49. The van der Waals surface area contributed by atoms with Crippen molar-refractivity contribution in [3.8, 4) is 0 Å². The Morgan fingerprint density at radius 1 is 1.08 bits per heavy atom. The molecule has 0 fully saturated rings. The van der Waals surface area contributed by atoms with Gasteiger partial charge in [0.2, 0.25) is 11.8 Å². The summed E-state index contributed by atoms with van der Waals surface area (Å²) >= 11 is 5.17. The van der Waals surface area contributed by atoms with Crippen LogP contribution in [-0.4, -0.2) is 16.9 Å². The molecule has 5 nitrogen and oxygen atoms in total. The van der Waals surface area contributed by atoms with Crippen molar-refractivity contribution in [1.82, 2.24) is 5.32 Å². The molecule has 0 radical (unpaired) electrons. The standard InChI is InChI=1S/C18H27N3O2S/c1-4-5-6-7-8-9-17(23)21-18(24)20-15-11-10-13(2)16(12-15)19-14(3)22/h10-12H,4-9H2,1-3H3,(H,19,22)(H2,20,21,23,24). The number of hydrogen-bond donors (Lipinski definition) is 3. The molecule has 0 unspecified atom stereocenters. The maximum Gasteiger partial charge on any atom is 0.226 e. The Morgan fingerprint density at radius 2 is 1.79 bits per heavy atom. The number of anilines is 2. The second-order valence-electron chi connectivity index (χ2n) is 5.88. The molecule has 0 bridgehead atoms. The SMILES string of the molecule is CCCCCCCC(=O)NC(=S)Nc1ccc(C)c(NC(C)=O)c1. The molecule has 0 saturated carbocycles. The van der Waals surface area contributed by atoms with Gasteiger partial charge in [-0.1, -0.05) is 38.7 Å². The zero-order chi connectivity index (χ0) is 17.9. The van der Waals surface area contributed by atoms with Crippen molar-refractivity contribution in [1.29, 1.82) is 0 Å². The smallest absolute Gasteiger partial charge is 0.226 e. The number of amides is 2. The van der Waals surface area contributed by atoms with Gasteiger partial charge in [-0.05, 0) is 43.3 Å². The van der Waals surface area contributed by atoms with Gasteiger partial charge in [0.25, 0.3) is 0 Å². The van der Waals surface area contributed by atoms with E-state index in [9.17, 15) is 9.59 Å². The fraction of sp³-hybridized carbons (Fsp3) is 0.500. The Balaban J connectivity index is 2.44. The summed E-state index contributed by atoms with van der Waals surface area (Å²) in [6.07, 6.45) is 6.01. The number of hydrogen-bond acceptors (Lipinski definition) is 3. The van der Waals surface area contributed by atoms with E-state index >= 15 is 0 Å². The van der Waals surface area contributed by atoms with E-state index < -0.39 is 0 Å². The van der Waals surface area contributed by atoms with Gasteiger partial charge < -0.3 is 16.0 Å². The van der Waals surface area contributed by atoms with Crippen LogP contribution in [0.2, 0.25) is 0 Å². The summed E-state index contributed by atoms with van der Waals surface area (Å²) in [7, 11) is 0. The predicted molar refractivity (Wildman–Crippen MR) is 103 cm³/mol. The lowest BCUT2D eigenvalue weighted by Crippen LogP contribution is -2.33. The molecule has 0 aliphatic heterocycles. The molecular weight excluding hydrogens is 322 g/mol. The molecular formula is C18H27N3O2S. The van der Waals surface area contributed by atoms with Crippen LogP contribution < -0.4 is 16.0 Å². The van der Waals surface area contributed by atoms with Crippen LogP contribution in [0.25, 0.3) is 0 Å². The molecule has 0 saturated heterocycles. The molecule has 0 heterocycles. The fourth-order valence-corrected chi connectivity index (χ4v) is 2.50. The van der Waals surface area contributed by atoms with Crippen LogP contribution in [0, 0.1) is 6.92 Å². The van der Waals surface area contributed by atoms with Gasteiger partial charge in [-0.3, -0.25) is 9.59 Å². The van der Waals surface area contributed by atoms with Crippen LogP contribution in [0.4, 0.5) is 11.4 Å². The topological polar surface area (TPSA) is 70.2 Å². The van der Waals surface area contributed by atoms with Gasteiger partial charge in [-0.25, -0.2) is 0 Å². The number of nitrogens with one attached hydrogen (secondary N) is 3. The van der Waals surface area contributed by atoms with Gasteiger partial charge >= 0.3 is 0 Å². The number of carbonyl (C=O) groups is 2. The fourth-order valence-electron chi connectivity index (χ4n) is 2.26. The van der Waals surface area contributed by atoms with Crippen LogP contribution in [0.3, 0.4) is 0 Å². The quantitative estimate of drug-likeness (QED) is 0.487. The van der Waals surface area contributed by atoms with Crippen molar-refractivity contribution in [2.45, 2.75) is 59.3 Å². The second-order valence-corrected chi connectivity index (χ2v) is 6.29. The average molecular weight is 350 g/mol. The van der Waals surface area contributed by atoms with E-state index in [2.05, 4.69) is 22.9 Å². The summed E-state index contributed by atoms with van der Waals surface area (Å²) in [5.74, 6) is -0.201. The molecule has 1 aromatic carbocycles. The molecule has 0 aliphatic carbocycles. The van der Waals surface area contributed by atoms with Crippen molar-refractivity contribution in [3.05, 3.63) is 23.8 Å². The second kappa shape index (κ2) is 10.8. The summed E-state index contributed by atoms with van der Waals surface area (Å²) in [5.41, 5.74) is 2.40. The molecule has 0 atom stereocenters. The third-order valence-electron chi connectivity index (χ3n) is 3.57. The molecule has 0 aliphatic rings. The van der Waals surface area contributed by atoms with Crippen LogP contribution >= 0.6 is 12.2 Å². The first-order valence-corrected chi connectivity index (χ1v) is 8.82. The van der Waals surface area contributed by atoms with Gasteiger partial charge in [0.05, 0.1) is 0 Å². The van der Waals surface area contributed by atoms with E-state index in [0.717, 1.165) is 29.8 Å². The minimum atomic E-state index is -0.130. The van der Waals surface area contributed by atoms with Gasteiger partial charge in [-0.2, -0.15) is 0 Å². The minimum absolute atomic E-state index is 0.0711. The zero-order valence-electron chi connectivity index (χ0n) is 14.7. The molecule has 1 rings (SSSR count). The van der Waals surface area contributed by atoms with E-state index in [1.807, 2.05) is 19.1 Å². The third kappa shape index (κ3) is 8.06. The lowest BCUT2D eigenvalue weighted by Gasteiger charge is -2.12. The van der Waals surface area contributed by atoms with E-state index in [0.29, 0.717) is 6.42 Å². The molecule has 6 heteroatoms. The molecule has 3 N–H and O–H groups in total. The highest BCUT2D eigenvalue weighted by Gasteiger charge is 2.07. The molecule has 0 aromatic heterocycles. The largest absolute Gasteiger partial charge is 0.332 e. The van der Waals surface area contributed by atoms with Gasteiger partial charge in [-0.15, -0.1) is 0 Å². The molecule has 2 amide bonds. The minimum Gasteiger partial charge on any atom is -0.332 e. The van der Waals surface area contributed by atoms with Crippen molar-refractivity contribution >= 4 is 40.5 Å². The van der Waals surface area contributed by atoms with Crippen molar-refractivity contribution in [2.24, 2.45) is 0 Å². The Morgan fingerprint density at radius 3 is 2.46 bits per heavy atom. The molecule has 132 valence electrons. The predicted octanol–water partition coefficient (Wildman–Crippen LogP) is 4.13. The normalized spacial score (nSPS) is 10.1. The summed E-state index contributed by atoms with van der Waals surface area (Å²) in [5, 5.41) is 8.69. The highest BCUT2D eigenvalue weighted by Crippen LogP contribution is 2.20. The van der Waals surface area contributed by atoms with Crippen LogP contribution in [0.5, 0.6) is 0 Å². The lowest BCUT2D eigenvalue weighted by atomic mass is 10.1. The Labute approximate surface area is 149 Å². The molecule has 1 aromatic rings. The van der Waals surface area contributed by atoms with E-state index in [-0.39, 0.29) is 16.9 Å². The Bertz CT molecular complexity index is 588. The number of benzene rings is 1. The van der Waals surface area contributed by atoms with Crippen LogP contribution in [0.1, 0.15) is 57.9 Å². The first kappa shape index (κ1) is 20.1. The van der Waals surface area contributed by atoms with Gasteiger partial charge in [0, 0.05) is 24.7 Å². The highest BCUT2D eigenvalue weighted by atomic mass is 32.1. The first-order chi connectivity index (χ1) is 11.4. The lowest BCUT2D eigenvalue weighted by molar-refractivity contribution is -0.119. The van der Waals surface area contributed by atoms with E-state index in [1.54, 1.807) is 6.07 Å². The number of thiocarbonyl (C=S) groups is 1. The van der Waals surface area contributed by atoms with E-state index in [1.165, 1.54) is 26.2 Å². The van der Waals surface area contributed by atoms with Gasteiger partial charge in [0.15, 0.2) is 5.11 Å². The number of carbonyl (C=O) groups excluding carboxylic acids is 2. The third-order valence-corrected chi connectivity index (χ3v) is 3.77. The summed E-state index contributed by atoms with van der Waals surface area (Å²) in [6.45, 7) is 5.54. The maximum absolute atomic E-state index is 11.8. The maximum atomic E-state index is 11.8. The van der Waals surface area contributed by atoms with Crippen molar-refractivity contribution in [3.63, 3.8) is 0 Å².